The van der Waals surface area contributed by atoms with Gasteiger partial charge in [-0.3, -0.25) is 4.79 Å². The second-order valence-electron chi connectivity index (χ2n) is 9.79. The van der Waals surface area contributed by atoms with Crippen LogP contribution in [0.4, 0.5) is 11.4 Å². The van der Waals surface area contributed by atoms with Crippen LogP contribution in [0.5, 0.6) is 0 Å². The van der Waals surface area contributed by atoms with Crippen molar-refractivity contribution < 1.29 is 4.79 Å². The van der Waals surface area contributed by atoms with Crippen LogP contribution in [0.3, 0.4) is 0 Å². The number of piperidine rings is 1. The summed E-state index contributed by atoms with van der Waals surface area (Å²) in [6.45, 7) is 2.68. The summed E-state index contributed by atoms with van der Waals surface area (Å²) in [6, 6.07) is 13.8. The first-order valence-corrected chi connectivity index (χ1v) is 13.8. The summed E-state index contributed by atoms with van der Waals surface area (Å²) in [4.78, 5) is 15.9. The molecule has 8 heteroatoms. The van der Waals surface area contributed by atoms with Crippen LogP contribution in [0.2, 0.25) is 10.0 Å². The van der Waals surface area contributed by atoms with Gasteiger partial charge in [-0.2, -0.15) is 0 Å². The van der Waals surface area contributed by atoms with E-state index in [0.717, 1.165) is 55.1 Å². The minimum absolute atomic E-state index is 0.169. The molecule has 1 saturated heterocycles. The van der Waals surface area contributed by atoms with Crippen LogP contribution in [-0.2, 0) is 11.2 Å². The molecule has 36 heavy (non-hydrogen) atoms. The molecule has 6 nitrogen and oxygen atoms in total. The van der Waals surface area contributed by atoms with Gasteiger partial charge in [-0.1, -0.05) is 42.1 Å². The standard InChI is InChI=1S/C28H37Cl2N5O/c29-22-9-8-21(25(30)18-22)14-17-35(20-36)24-12-10-23(11-13-24)32-28(19-34-15-4-1-5-16-34)33-27-7-3-2-6-26(27)31/h8-13,18-20,26-27,32-33H,1-7,14-17,31H2/b28-19-/t26-,27+/m1/s1. The monoisotopic (exact) mass is 529 g/mol. The van der Waals surface area contributed by atoms with E-state index < -0.39 is 0 Å². The quantitative estimate of drug-likeness (QED) is 0.341. The fourth-order valence-electron chi connectivity index (χ4n) is 4.97. The molecular weight excluding hydrogens is 493 g/mol. The lowest BCUT2D eigenvalue weighted by atomic mass is 9.91. The predicted molar refractivity (Wildman–Crippen MR) is 151 cm³/mol. The number of anilines is 2. The Morgan fingerprint density at radius 1 is 1.03 bits per heavy atom. The third-order valence-corrected chi connectivity index (χ3v) is 7.69. The van der Waals surface area contributed by atoms with Crippen molar-refractivity contribution in [2.24, 2.45) is 5.73 Å². The van der Waals surface area contributed by atoms with Crippen molar-refractivity contribution in [2.75, 3.05) is 29.9 Å². The third kappa shape index (κ3) is 7.55. The van der Waals surface area contributed by atoms with Crippen LogP contribution in [0, 0.1) is 0 Å². The molecule has 1 amide bonds. The molecule has 0 aromatic heterocycles. The van der Waals surface area contributed by atoms with Crippen LogP contribution >= 0.6 is 23.2 Å². The molecule has 0 spiro atoms. The van der Waals surface area contributed by atoms with Crippen LogP contribution in [0.25, 0.3) is 0 Å². The number of nitrogens with two attached hydrogens (primary N) is 1. The van der Waals surface area contributed by atoms with E-state index in [1.165, 1.54) is 32.1 Å². The van der Waals surface area contributed by atoms with Gasteiger partial charge in [0, 0.05) is 59.3 Å². The van der Waals surface area contributed by atoms with E-state index in [0.29, 0.717) is 23.0 Å². The van der Waals surface area contributed by atoms with Crippen LogP contribution < -0.4 is 21.3 Å². The first-order valence-electron chi connectivity index (χ1n) is 13.0. The molecule has 2 aliphatic rings. The number of hydrogen-bond acceptors (Lipinski definition) is 5. The topological polar surface area (TPSA) is 73.6 Å². The zero-order valence-corrected chi connectivity index (χ0v) is 22.3. The molecule has 1 heterocycles. The lowest BCUT2D eigenvalue weighted by Crippen LogP contribution is -2.48. The van der Waals surface area contributed by atoms with Gasteiger partial charge in [0.1, 0.15) is 5.82 Å². The normalized spacial score (nSPS) is 20.6. The van der Waals surface area contributed by atoms with Gasteiger partial charge in [0.05, 0.1) is 0 Å². The van der Waals surface area contributed by atoms with Crippen molar-refractivity contribution >= 4 is 41.0 Å². The number of carbonyl (C=O) groups excluding carboxylic acids is 1. The second kappa shape index (κ2) is 13.2. The van der Waals surface area contributed by atoms with Gasteiger partial charge in [-0.05, 0) is 80.5 Å². The fraction of sp³-hybridized carbons (Fsp3) is 0.464. The van der Waals surface area contributed by atoms with Gasteiger partial charge >= 0.3 is 0 Å². The zero-order chi connectivity index (χ0) is 25.3. The first kappa shape index (κ1) is 26.6. The number of nitrogens with zero attached hydrogens (tertiary/aromatic N) is 2. The summed E-state index contributed by atoms with van der Waals surface area (Å²) in [5, 5.41) is 8.48. The molecule has 0 unspecified atom stereocenters. The Bertz CT molecular complexity index is 1020. The summed E-state index contributed by atoms with van der Waals surface area (Å²) < 4.78 is 0. The highest BCUT2D eigenvalue weighted by molar-refractivity contribution is 6.35. The molecule has 4 rings (SSSR count). The number of hydrogen-bond donors (Lipinski definition) is 3. The van der Waals surface area contributed by atoms with Gasteiger partial charge in [0.2, 0.25) is 6.41 Å². The lowest BCUT2D eigenvalue weighted by molar-refractivity contribution is -0.107. The Hall–Kier alpha value is -2.41. The highest BCUT2D eigenvalue weighted by atomic mass is 35.5. The maximum atomic E-state index is 11.8. The lowest BCUT2D eigenvalue weighted by Gasteiger charge is -2.33. The van der Waals surface area contributed by atoms with E-state index in [4.69, 9.17) is 28.9 Å². The number of rotatable bonds is 10. The number of likely N-dealkylation sites (tertiary alicyclic amines) is 1. The van der Waals surface area contributed by atoms with Crippen molar-refractivity contribution in [3.05, 3.63) is 70.1 Å². The van der Waals surface area contributed by atoms with Crippen molar-refractivity contribution in [3.8, 4) is 0 Å². The molecule has 1 saturated carbocycles. The van der Waals surface area contributed by atoms with E-state index in [-0.39, 0.29) is 12.1 Å². The van der Waals surface area contributed by atoms with Gasteiger partial charge in [-0.15, -0.1) is 0 Å². The zero-order valence-electron chi connectivity index (χ0n) is 20.8. The molecule has 194 valence electrons. The maximum absolute atomic E-state index is 11.8. The average molecular weight is 531 g/mol. The van der Waals surface area contributed by atoms with E-state index >= 15 is 0 Å². The maximum Gasteiger partial charge on any atom is 0.214 e. The van der Waals surface area contributed by atoms with Crippen molar-refractivity contribution in [3.63, 3.8) is 0 Å². The first-order chi connectivity index (χ1) is 17.5. The number of halogens is 2. The Morgan fingerprint density at radius 2 is 1.78 bits per heavy atom. The van der Waals surface area contributed by atoms with Gasteiger partial charge in [0.25, 0.3) is 0 Å². The average Bonchev–Trinajstić information content (AvgIpc) is 2.88. The van der Waals surface area contributed by atoms with E-state index in [1.807, 2.05) is 36.4 Å². The molecule has 0 bridgehead atoms. The smallest absolute Gasteiger partial charge is 0.214 e. The van der Waals surface area contributed by atoms with E-state index in [9.17, 15) is 4.79 Å². The molecule has 2 aromatic carbocycles. The minimum atomic E-state index is 0.169. The van der Waals surface area contributed by atoms with Crippen molar-refractivity contribution in [2.45, 2.75) is 63.5 Å². The molecule has 4 N–H and O–H groups in total. The van der Waals surface area contributed by atoms with Gasteiger partial charge < -0.3 is 26.2 Å². The molecule has 2 aromatic rings. The largest absolute Gasteiger partial charge is 0.374 e. The van der Waals surface area contributed by atoms with E-state index in [2.05, 4.69) is 21.7 Å². The summed E-state index contributed by atoms with van der Waals surface area (Å²) in [5.41, 5.74) is 9.19. The summed E-state index contributed by atoms with van der Waals surface area (Å²) >= 11 is 12.3. The number of amides is 1. The minimum Gasteiger partial charge on any atom is -0.374 e. The molecule has 2 atom stereocenters. The summed E-state index contributed by atoms with van der Waals surface area (Å²) in [7, 11) is 0. The summed E-state index contributed by atoms with van der Waals surface area (Å²) in [5.74, 6) is 0.983. The highest BCUT2D eigenvalue weighted by Crippen LogP contribution is 2.24. The fourth-order valence-corrected chi connectivity index (χ4v) is 5.48. The van der Waals surface area contributed by atoms with E-state index in [1.54, 1.807) is 11.0 Å². The Kier molecular flexibility index (Phi) is 9.79. The molecule has 1 aliphatic heterocycles. The Balaban J connectivity index is 1.42. The molecule has 2 fully saturated rings. The van der Waals surface area contributed by atoms with Gasteiger partial charge in [-0.25, -0.2) is 0 Å². The van der Waals surface area contributed by atoms with Crippen molar-refractivity contribution in [1.82, 2.24) is 10.2 Å². The van der Waals surface area contributed by atoms with Gasteiger partial charge in [0.15, 0.2) is 0 Å². The molecule has 1 aliphatic carbocycles. The Labute approximate surface area is 224 Å². The Morgan fingerprint density at radius 3 is 2.47 bits per heavy atom. The van der Waals surface area contributed by atoms with Crippen molar-refractivity contribution in [1.29, 1.82) is 0 Å². The molecular formula is C28H37Cl2N5O. The number of benzene rings is 2. The SMILES string of the molecule is N[C@@H]1CCCC[C@@H]1N/C(=C\N1CCCCC1)Nc1ccc(N(C=O)CCc2ccc(Cl)cc2Cl)cc1. The molecule has 0 radical (unpaired) electrons. The highest BCUT2D eigenvalue weighted by Gasteiger charge is 2.22. The van der Waals surface area contributed by atoms with Crippen LogP contribution in [-0.4, -0.2) is 43.0 Å². The number of nitrogens with one attached hydrogen (secondary N) is 2. The second-order valence-corrected chi connectivity index (χ2v) is 10.6. The number of carbonyl (C=O) groups is 1. The predicted octanol–water partition coefficient (Wildman–Crippen LogP) is 5.76. The third-order valence-electron chi connectivity index (χ3n) is 7.10. The summed E-state index contributed by atoms with van der Waals surface area (Å²) in [6.07, 6.45) is 12.0. The van der Waals surface area contributed by atoms with Crippen LogP contribution in [0.1, 0.15) is 50.5 Å². The van der Waals surface area contributed by atoms with Crippen LogP contribution in [0.15, 0.2) is 54.5 Å².